The van der Waals surface area contributed by atoms with Crippen LogP contribution < -0.4 is 10.6 Å². The van der Waals surface area contributed by atoms with Crippen molar-refractivity contribution in [3.63, 3.8) is 0 Å². The molecule has 1 heterocycles. The van der Waals surface area contributed by atoms with E-state index in [1.807, 2.05) is 24.7 Å². The minimum absolute atomic E-state index is 0.528. The maximum Gasteiger partial charge on any atom is 0.131 e. The minimum atomic E-state index is 0.528. The molecule has 2 aromatic rings. The Morgan fingerprint density at radius 3 is 2.53 bits per heavy atom. The quantitative estimate of drug-likeness (QED) is 0.894. The second kappa shape index (κ2) is 5.89. The van der Waals surface area contributed by atoms with E-state index in [4.69, 9.17) is 5.73 Å². The van der Waals surface area contributed by atoms with Crippen LogP contribution in [-0.2, 0) is 20.1 Å². The predicted octanol–water partition coefficient (Wildman–Crippen LogP) is 2.21. The molecule has 0 aliphatic carbocycles. The van der Waals surface area contributed by atoms with E-state index in [9.17, 15) is 0 Å². The second-order valence-electron chi connectivity index (χ2n) is 4.72. The fraction of sp³-hybridized carbons (Fsp3) is 0.400. The molecule has 2 N–H and O–H groups in total. The molecule has 0 saturated heterocycles. The fourth-order valence-electron chi connectivity index (χ4n) is 2.46. The van der Waals surface area contributed by atoms with Crippen LogP contribution in [0, 0.1) is 6.92 Å². The van der Waals surface area contributed by atoms with Gasteiger partial charge in [-0.2, -0.15) is 5.10 Å². The monoisotopic (exact) mass is 258 g/mol. The molecule has 0 unspecified atom stereocenters. The molecule has 4 nitrogen and oxygen atoms in total. The molecule has 0 atom stereocenters. The van der Waals surface area contributed by atoms with Crippen LogP contribution in [0.25, 0.3) is 0 Å². The van der Waals surface area contributed by atoms with Crippen molar-refractivity contribution in [2.45, 2.75) is 26.9 Å². The SMILES string of the molecule is CCN(Cc1ccccc1)c1c(CN)c(C)nn1C. The fourth-order valence-corrected chi connectivity index (χ4v) is 2.46. The van der Waals surface area contributed by atoms with Gasteiger partial charge in [0.05, 0.1) is 5.69 Å². The normalized spacial score (nSPS) is 10.7. The van der Waals surface area contributed by atoms with Gasteiger partial charge in [0.2, 0.25) is 0 Å². The minimum Gasteiger partial charge on any atom is -0.353 e. The average molecular weight is 258 g/mol. The maximum atomic E-state index is 5.87. The molecular weight excluding hydrogens is 236 g/mol. The molecule has 0 amide bonds. The van der Waals surface area contributed by atoms with E-state index >= 15 is 0 Å². The lowest BCUT2D eigenvalue weighted by Crippen LogP contribution is -2.26. The van der Waals surface area contributed by atoms with Crippen molar-refractivity contribution in [3.05, 3.63) is 47.2 Å². The summed E-state index contributed by atoms with van der Waals surface area (Å²) in [7, 11) is 1.98. The number of aromatic nitrogens is 2. The zero-order valence-electron chi connectivity index (χ0n) is 11.9. The van der Waals surface area contributed by atoms with Crippen molar-refractivity contribution in [3.8, 4) is 0 Å². The van der Waals surface area contributed by atoms with Crippen LogP contribution in [0.1, 0.15) is 23.7 Å². The molecule has 0 fully saturated rings. The van der Waals surface area contributed by atoms with Gasteiger partial charge in [-0.3, -0.25) is 4.68 Å². The third-order valence-corrected chi connectivity index (χ3v) is 3.41. The van der Waals surface area contributed by atoms with Crippen molar-refractivity contribution in [2.75, 3.05) is 11.4 Å². The largest absolute Gasteiger partial charge is 0.353 e. The molecule has 0 spiro atoms. The predicted molar refractivity (Wildman–Crippen MR) is 79.0 cm³/mol. The number of aryl methyl sites for hydroxylation is 2. The Morgan fingerprint density at radius 1 is 1.26 bits per heavy atom. The molecule has 1 aromatic carbocycles. The molecule has 19 heavy (non-hydrogen) atoms. The summed E-state index contributed by atoms with van der Waals surface area (Å²) in [6.07, 6.45) is 0. The van der Waals surface area contributed by atoms with E-state index < -0.39 is 0 Å². The van der Waals surface area contributed by atoms with Crippen LogP contribution in [0.2, 0.25) is 0 Å². The van der Waals surface area contributed by atoms with E-state index in [0.29, 0.717) is 6.54 Å². The second-order valence-corrected chi connectivity index (χ2v) is 4.72. The average Bonchev–Trinajstić information content (AvgIpc) is 2.71. The number of nitrogens with zero attached hydrogens (tertiary/aromatic N) is 3. The molecule has 4 heteroatoms. The van der Waals surface area contributed by atoms with Gasteiger partial charge in [-0.1, -0.05) is 30.3 Å². The Morgan fingerprint density at radius 2 is 1.95 bits per heavy atom. The summed E-state index contributed by atoms with van der Waals surface area (Å²) in [5.41, 5.74) is 9.33. The van der Waals surface area contributed by atoms with Gasteiger partial charge >= 0.3 is 0 Å². The summed E-state index contributed by atoms with van der Waals surface area (Å²) in [6.45, 7) is 6.51. The van der Waals surface area contributed by atoms with E-state index in [0.717, 1.165) is 30.2 Å². The third kappa shape index (κ3) is 2.79. The summed E-state index contributed by atoms with van der Waals surface area (Å²) >= 11 is 0. The Bertz CT molecular complexity index is 531. The van der Waals surface area contributed by atoms with Crippen molar-refractivity contribution in [2.24, 2.45) is 12.8 Å². The molecule has 0 aliphatic heterocycles. The highest BCUT2D eigenvalue weighted by Gasteiger charge is 2.17. The van der Waals surface area contributed by atoms with Crippen molar-refractivity contribution in [1.82, 2.24) is 9.78 Å². The number of hydrogen-bond donors (Lipinski definition) is 1. The zero-order valence-corrected chi connectivity index (χ0v) is 11.9. The van der Waals surface area contributed by atoms with Crippen LogP contribution in [0.3, 0.4) is 0 Å². The van der Waals surface area contributed by atoms with Crippen LogP contribution in [0.15, 0.2) is 30.3 Å². The number of hydrogen-bond acceptors (Lipinski definition) is 3. The highest BCUT2D eigenvalue weighted by molar-refractivity contribution is 5.50. The topological polar surface area (TPSA) is 47.1 Å². The number of anilines is 1. The zero-order chi connectivity index (χ0) is 13.8. The van der Waals surface area contributed by atoms with Gasteiger partial charge in [-0.15, -0.1) is 0 Å². The Balaban J connectivity index is 2.32. The maximum absolute atomic E-state index is 5.87. The number of nitrogens with two attached hydrogens (primary N) is 1. The van der Waals surface area contributed by atoms with Gasteiger partial charge in [0.25, 0.3) is 0 Å². The van der Waals surface area contributed by atoms with Gasteiger partial charge in [-0.05, 0) is 19.4 Å². The molecule has 2 rings (SSSR count). The summed E-state index contributed by atoms with van der Waals surface area (Å²) < 4.78 is 1.93. The first-order valence-corrected chi connectivity index (χ1v) is 6.68. The van der Waals surface area contributed by atoms with Crippen LogP contribution in [0.4, 0.5) is 5.82 Å². The van der Waals surface area contributed by atoms with Gasteiger partial charge in [0.15, 0.2) is 0 Å². The van der Waals surface area contributed by atoms with Crippen LogP contribution >= 0.6 is 0 Å². The van der Waals surface area contributed by atoms with Crippen LogP contribution in [0.5, 0.6) is 0 Å². The smallest absolute Gasteiger partial charge is 0.131 e. The van der Waals surface area contributed by atoms with Gasteiger partial charge in [-0.25, -0.2) is 0 Å². The van der Waals surface area contributed by atoms with Crippen LogP contribution in [-0.4, -0.2) is 16.3 Å². The first-order valence-electron chi connectivity index (χ1n) is 6.68. The lowest BCUT2D eigenvalue weighted by atomic mass is 10.2. The van der Waals surface area contributed by atoms with E-state index in [1.165, 1.54) is 5.56 Å². The summed E-state index contributed by atoms with van der Waals surface area (Å²) in [4.78, 5) is 2.32. The van der Waals surface area contributed by atoms with E-state index in [2.05, 4.69) is 41.2 Å². The number of rotatable bonds is 5. The van der Waals surface area contributed by atoms with Gasteiger partial charge in [0.1, 0.15) is 5.82 Å². The first kappa shape index (κ1) is 13.6. The highest BCUT2D eigenvalue weighted by Crippen LogP contribution is 2.24. The van der Waals surface area contributed by atoms with E-state index in [-0.39, 0.29) is 0 Å². The molecule has 0 radical (unpaired) electrons. The van der Waals surface area contributed by atoms with Crippen molar-refractivity contribution < 1.29 is 0 Å². The van der Waals surface area contributed by atoms with Gasteiger partial charge in [0, 0.05) is 32.2 Å². The Labute approximate surface area is 114 Å². The molecular formula is C15H22N4. The molecule has 0 aliphatic rings. The third-order valence-electron chi connectivity index (χ3n) is 3.41. The molecule has 0 saturated carbocycles. The molecule has 102 valence electrons. The Hall–Kier alpha value is -1.81. The molecule has 0 bridgehead atoms. The Kier molecular flexibility index (Phi) is 4.22. The number of benzene rings is 1. The van der Waals surface area contributed by atoms with Crippen molar-refractivity contribution >= 4 is 5.82 Å². The lowest BCUT2D eigenvalue weighted by Gasteiger charge is -2.24. The standard InChI is InChI=1S/C15H22N4/c1-4-19(11-13-8-6-5-7-9-13)15-14(10-16)12(2)17-18(15)3/h5-9H,4,10-11,16H2,1-3H3. The summed E-state index contributed by atoms with van der Waals surface area (Å²) in [6, 6.07) is 10.5. The first-order chi connectivity index (χ1) is 9.17. The highest BCUT2D eigenvalue weighted by atomic mass is 15.4. The van der Waals surface area contributed by atoms with E-state index in [1.54, 1.807) is 0 Å². The van der Waals surface area contributed by atoms with Crippen molar-refractivity contribution in [1.29, 1.82) is 0 Å². The summed E-state index contributed by atoms with van der Waals surface area (Å²) in [5, 5.41) is 4.49. The lowest BCUT2D eigenvalue weighted by molar-refractivity contribution is 0.703. The van der Waals surface area contributed by atoms with Gasteiger partial charge < -0.3 is 10.6 Å². The molecule has 1 aromatic heterocycles. The summed E-state index contributed by atoms with van der Waals surface area (Å²) in [5.74, 6) is 1.13.